The molecule has 0 fully saturated rings. The molecule has 0 bridgehead atoms. The van der Waals surface area contributed by atoms with Crippen LogP contribution in [0.1, 0.15) is 34.0 Å². The van der Waals surface area contributed by atoms with E-state index < -0.39 is 0 Å². The number of Topliss-reactive ketones (excluding diaryl/α,β-unsaturated/α-hetero) is 1. The third-order valence-electron chi connectivity index (χ3n) is 4.20. The van der Waals surface area contributed by atoms with Gasteiger partial charge in [-0.2, -0.15) is 5.26 Å². The summed E-state index contributed by atoms with van der Waals surface area (Å²) < 4.78 is 6.17. The van der Waals surface area contributed by atoms with E-state index in [4.69, 9.17) is 10.00 Å². The number of ketones is 1. The highest BCUT2D eigenvalue weighted by Crippen LogP contribution is 2.39. The van der Waals surface area contributed by atoms with Crippen molar-refractivity contribution in [2.75, 3.05) is 0 Å². The van der Waals surface area contributed by atoms with Gasteiger partial charge < -0.3 is 4.74 Å². The number of nitrogens with zero attached hydrogens (tertiary/aromatic N) is 1. The van der Waals surface area contributed by atoms with E-state index in [0.717, 1.165) is 16.3 Å². The first-order valence-electron chi connectivity index (χ1n) is 7.48. The lowest BCUT2D eigenvalue weighted by Gasteiger charge is -2.26. The molecule has 4 rings (SSSR count). The van der Waals surface area contributed by atoms with Crippen molar-refractivity contribution in [3.8, 4) is 11.8 Å². The van der Waals surface area contributed by atoms with Crippen molar-refractivity contribution in [2.24, 2.45) is 0 Å². The van der Waals surface area contributed by atoms with Crippen LogP contribution in [0, 0.1) is 11.3 Å². The first-order chi connectivity index (χ1) is 11.3. The molecular weight excluding hydrogens is 286 g/mol. The molecule has 1 heterocycles. The number of benzene rings is 3. The second-order valence-corrected chi connectivity index (χ2v) is 5.63. The molecule has 1 aliphatic heterocycles. The van der Waals surface area contributed by atoms with Crippen LogP contribution in [0.25, 0.3) is 10.8 Å². The Balaban J connectivity index is 1.83. The molecule has 0 spiro atoms. The van der Waals surface area contributed by atoms with E-state index in [-0.39, 0.29) is 11.9 Å². The van der Waals surface area contributed by atoms with Gasteiger partial charge in [-0.3, -0.25) is 4.79 Å². The van der Waals surface area contributed by atoms with Crippen LogP contribution in [0.5, 0.6) is 5.75 Å². The second-order valence-electron chi connectivity index (χ2n) is 5.63. The van der Waals surface area contributed by atoms with Crippen LogP contribution in [-0.4, -0.2) is 5.78 Å². The van der Waals surface area contributed by atoms with Gasteiger partial charge in [0.2, 0.25) is 0 Å². The third-order valence-corrected chi connectivity index (χ3v) is 4.20. The van der Waals surface area contributed by atoms with Gasteiger partial charge in [0.05, 0.1) is 23.6 Å². The number of carbonyl (C=O) groups is 1. The summed E-state index contributed by atoms with van der Waals surface area (Å²) >= 11 is 0. The Morgan fingerprint density at radius 2 is 1.91 bits per heavy atom. The Hall–Kier alpha value is -3.12. The topological polar surface area (TPSA) is 50.1 Å². The minimum Gasteiger partial charge on any atom is -0.484 e. The number of fused-ring (bicyclic) bond motifs is 3. The average Bonchev–Trinajstić information content (AvgIpc) is 2.61. The molecular formula is C20H13NO2. The maximum atomic E-state index is 12.5. The molecule has 0 aromatic heterocycles. The number of carbonyl (C=O) groups excluding carboxylic acids is 1. The second kappa shape index (κ2) is 5.26. The minimum absolute atomic E-state index is 0.0735. The summed E-state index contributed by atoms with van der Waals surface area (Å²) in [4.78, 5) is 12.5. The van der Waals surface area contributed by atoms with Gasteiger partial charge in [-0.25, -0.2) is 0 Å². The van der Waals surface area contributed by atoms with Crippen LogP contribution in [0.2, 0.25) is 0 Å². The van der Waals surface area contributed by atoms with E-state index in [9.17, 15) is 4.79 Å². The Morgan fingerprint density at radius 1 is 1.04 bits per heavy atom. The van der Waals surface area contributed by atoms with Gasteiger partial charge in [0.1, 0.15) is 11.9 Å². The van der Waals surface area contributed by atoms with Crippen molar-refractivity contribution < 1.29 is 9.53 Å². The van der Waals surface area contributed by atoms with E-state index in [1.165, 1.54) is 0 Å². The fraction of sp³-hybridized carbons (Fsp3) is 0.100. The summed E-state index contributed by atoms with van der Waals surface area (Å²) in [5, 5.41) is 11.0. The molecule has 23 heavy (non-hydrogen) atoms. The van der Waals surface area contributed by atoms with Crippen molar-refractivity contribution in [3.05, 3.63) is 77.4 Å². The van der Waals surface area contributed by atoms with Gasteiger partial charge in [-0.05, 0) is 29.1 Å². The smallest absolute Gasteiger partial charge is 0.170 e. The maximum absolute atomic E-state index is 12.5. The Kier molecular flexibility index (Phi) is 3.09. The Labute approximate surface area is 133 Å². The van der Waals surface area contributed by atoms with E-state index in [1.54, 1.807) is 12.1 Å². The standard InChI is InChI=1S/C20H13NO2/c21-12-13-4-3-6-15(10-13)19-11-18(22)17-9-8-14-5-1-2-7-16(14)20(17)23-19/h1-10,19H,11H2. The number of rotatable bonds is 1. The lowest BCUT2D eigenvalue weighted by atomic mass is 9.93. The summed E-state index contributed by atoms with van der Waals surface area (Å²) in [6.07, 6.45) is -0.0608. The number of hydrogen-bond acceptors (Lipinski definition) is 3. The molecule has 0 amide bonds. The molecule has 110 valence electrons. The number of ether oxygens (including phenoxy) is 1. The van der Waals surface area contributed by atoms with Gasteiger partial charge in [0.25, 0.3) is 0 Å². The van der Waals surface area contributed by atoms with Gasteiger partial charge in [-0.15, -0.1) is 0 Å². The Bertz CT molecular complexity index is 969. The first-order valence-corrected chi connectivity index (χ1v) is 7.48. The number of hydrogen-bond donors (Lipinski definition) is 0. The van der Waals surface area contributed by atoms with Crippen molar-refractivity contribution >= 4 is 16.6 Å². The normalized spacial score (nSPS) is 16.5. The van der Waals surface area contributed by atoms with Gasteiger partial charge in [0.15, 0.2) is 5.78 Å². The van der Waals surface area contributed by atoms with Crippen LogP contribution in [-0.2, 0) is 0 Å². The SMILES string of the molecule is N#Cc1cccc(C2CC(=O)c3ccc4ccccc4c3O2)c1. The third kappa shape index (κ3) is 2.25. The number of nitriles is 1. The summed E-state index contributed by atoms with van der Waals surface area (Å²) in [6.45, 7) is 0. The van der Waals surface area contributed by atoms with E-state index in [0.29, 0.717) is 23.3 Å². The molecule has 0 saturated carbocycles. The first kappa shape index (κ1) is 13.5. The fourth-order valence-electron chi connectivity index (χ4n) is 3.05. The van der Waals surface area contributed by atoms with Crippen molar-refractivity contribution in [1.82, 2.24) is 0 Å². The molecule has 0 radical (unpaired) electrons. The largest absolute Gasteiger partial charge is 0.484 e. The molecule has 0 saturated heterocycles. The van der Waals surface area contributed by atoms with Crippen molar-refractivity contribution in [1.29, 1.82) is 5.26 Å². The van der Waals surface area contributed by atoms with Gasteiger partial charge >= 0.3 is 0 Å². The lowest BCUT2D eigenvalue weighted by Crippen LogP contribution is -2.20. The lowest BCUT2D eigenvalue weighted by molar-refractivity contribution is 0.0853. The predicted molar refractivity (Wildman–Crippen MR) is 87.4 cm³/mol. The molecule has 3 aromatic carbocycles. The van der Waals surface area contributed by atoms with Crippen LogP contribution in [0.15, 0.2) is 60.7 Å². The maximum Gasteiger partial charge on any atom is 0.170 e. The van der Waals surface area contributed by atoms with Crippen LogP contribution < -0.4 is 4.74 Å². The molecule has 3 aromatic rings. The molecule has 0 N–H and O–H groups in total. The summed E-state index contributed by atoms with van der Waals surface area (Å²) in [5.74, 6) is 0.719. The van der Waals surface area contributed by atoms with E-state index in [1.807, 2.05) is 48.5 Å². The van der Waals surface area contributed by atoms with Crippen molar-refractivity contribution in [2.45, 2.75) is 12.5 Å². The predicted octanol–water partition coefficient (Wildman–Crippen LogP) is 4.42. The molecule has 1 atom stereocenters. The molecule has 3 nitrogen and oxygen atoms in total. The zero-order valence-electron chi connectivity index (χ0n) is 12.3. The van der Waals surface area contributed by atoms with Gasteiger partial charge in [0, 0.05) is 5.39 Å². The molecule has 0 aliphatic carbocycles. The summed E-state index contributed by atoms with van der Waals surface area (Å²) in [5.41, 5.74) is 2.06. The summed E-state index contributed by atoms with van der Waals surface area (Å²) in [6, 6.07) is 21.0. The van der Waals surface area contributed by atoms with Gasteiger partial charge in [-0.1, -0.05) is 42.5 Å². The fourth-order valence-corrected chi connectivity index (χ4v) is 3.05. The highest BCUT2D eigenvalue weighted by Gasteiger charge is 2.29. The monoisotopic (exact) mass is 299 g/mol. The van der Waals surface area contributed by atoms with E-state index in [2.05, 4.69) is 6.07 Å². The molecule has 1 aliphatic rings. The van der Waals surface area contributed by atoms with Crippen molar-refractivity contribution in [3.63, 3.8) is 0 Å². The zero-order chi connectivity index (χ0) is 15.8. The quantitative estimate of drug-likeness (QED) is 0.668. The Morgan fingerprint density at radius 3 is 2.78 bits per heavy atom. The average molecular weight is 299 g/mol. The molecule has 1 unspecified atom stereocenters. The minimum atomic E-state index is -0.353. The highest BCUT2D eigenvalue weighted by molar-refractivity contribution is 6.06. The highest BCUT2D eigenvalue weighted by atomic mass is 16.5. The molecule has 3 heteroatoms. The van der Waals surface area contributed by atoms with Crippen LogP contribution in [0.3, 0.4) is 0 Å². The zero-order valence-corrected chi connectivity index (χ0v) is 12.3. The van der Waals surface area contributed by atoms with Crippen LogP contribution >= 0.6 is 0 Å². The summed E-state index contributed by atoms with van der Waals surface area (Å²) in [7, 11) is 0. The van der Waals surface area contributed by atoms with Crippen LogP contribution in [0.4, 0.5) is 0 Å². The van der Waals surface area contributed by atoms with E-state index >= 15 is 0 Å².